The van der Waals surface area contributed by atoms with E-state index in [1.54, 1.807) is 48.5 Å². The van der Waals surface area contributed by atoms with Gasteiger partial charge in [0.05, 0.1) is 33.7 Å². The molecule has 1 N–H and O–H groups in total. The van der Waals surface area contributed by atoms with E-state index in [0.29, 0.717) is 17.0 Å². The lowest BCUT2D eigenvalue weighted by Crippen LogP contribution is -2.15. The number of para-hydroxylation sites is 2. The molecule has 31 heavy (non-hydrogen) atoms. The largest absolute Gasteiger partial charge is 0.454 e. The highest BCUT2D eigenvalue weighted by molar-refractivity contribution is 7.91. The molecule has 1 heterocycles. The first-order valence-electron chi connectivity index (χ1n) is 9.17. The van der Waals surface area contributed by atoms with Crippen LogP contribution in [0.25, 0.3) is 0 Å². The average Bonchev–Trinajstić information content (AvgIpc) is 3.20. The summed E-state index contributed by atoms with van der Waals surface area (Å²) in [6, 6.07) is 18.1. The number of sulfonamides is 1. The van der Waals surface area contributed by atoms with Gasteiger partial charge in [-0.1, -0.05) is 42.5 Å². The van der Waals surface area contributed by atoms with Crippen LogP contribution in [-0.2, 0) is 15.8 Å². The lowest BCUT2D eigenvalue weighted by atomic mass is 10.1. The zero-order valence-corrected chi connectivity index (χ0v) is 16.9. The van der Waals surface area contributed by atoms with Crippen LogP contribution < -0.4 is 14.2 Å². The Bertz CT molecular complexity index is 1260. The van der Waals surface area contributed by atoms with Crippen LogP contribution in [0.1, 0.15) is 11.1 Å². The smallest absolute Gasteiger partial charge is 0.282 e. The van der Waals surface area contributed by atoms with Gasteiger partial charge in [0.25, 0.3) is 5.69 Å². The number of hydrogen-bond donors (Lipinski definition) is 1. The molecule has 3 aromatic carbocycles. The quantitative estimate of drug-likeness (QED) is 0.337. The number of nitro groups is 1. The van der Waals surface area contributed by atoms with Crippen molar-refractivity contribution in [2.75, 3.05) is 11.5 Å². The highest BCUT2D eigenvalue weighted by Gasteiger charge is 2.22. The molecule has 0 radical (unpaired) electrons. The third-order valence-electron chi connectivity index (χ3n) is 4.43. The molecule has 0 saturated heterocycles. The third kappa shape index (κ3) is 4.81. The van der Waals surface area contributed by atoms with Gasteiger partial charge in [-0.2, -0.15) is 0 Å². The molecule has 0 unspecified atom stereocenters. The van der Waals surface area contributed by atoms with E-state index < -0.39 is 14.9 Å². The summed E-state index contributed by atoms with van der Waals surface area (Å²) >= 11 is 0. The molecule has 0 atom stereocenters. The number of benzene rings is 3. The van der Waals surface area contributed by atoms with Crippen molar-refractivity contribution in [3.05, 3.63) is 88.0 Å². The molecule has 9 nitrogen and oxygen atoms in total. The standard InChI is InChI=1S/C21H17N3O6S/c25-24(26)19-11-21-20(29-14-30-21)10-16(19)12-22-17-8-4-5-9-18(17)23-31(27,28)13-15-6-2-1-3-7-15/h1-12,23H,13-14H2. The van der Waals surface area contributed by atoms with Gasteiger partial charge in [0.2, 0.25) is 16.8 Å². The first kappa shape index (κ1) is 20.4. The Labute approximate surface area is 178 Å². The van der Waals surface area contributed by atoms with E-state index in [1.807, 2.05) is 6.07 Å². The maximum atomic E-state index is 12.6. The Morgan fingerprint density at radius 1 is 1.03 bits per heavy atom. The van der Waals surface area contributed by atoms with E-state index in [9.17, 15) is 18.5 Å². The number of aliphatic imine (C=N–C) groups is 1. The Kier molecular flexibility index (Phi) is 5.54. The van der Waals surface area contributed by atoms with Crippen molar-refractivity contribution in [2.45, 2.75) is 5.75 Å². The number of hydrogen-bond acceptors (Lipinski definition) is 7. The van der Waals surface area contributed by atoms with E-state index in [-0.39, 0.29) is 35.2 Å². The van der Waals surface area contributed by atoms with Crippen molar-refractivity contribution < 1.29 is 22.8 Å². The zero-order valence-electron chi connectivity index (χ0n) is 16.1. The van der Waals surface area contributed by atoms with Crippen molar-refractivity contribution in [3.8, 4) is 11.5 Å². The number of fused-ring (bicyclic) bond motifs is 1. The van der Waals surface area contributed by atoms with Crippen LogP contribution in [0.2, 0.25) is 0 Å². The second-order valence-corrected chi connectivity index (χ2v) is 8.37. The second-order valence-electron chi connectivity index (χ2n) is 6.64. The minimum Gasteiger partial charge on any atom is -0.454 e. The zero-order chi connectivity index (χ0) is 21.8. The maximum Gasteiger partial charge on any atom is 0.282 e. The molecular weight excluding hydrogens is 422 g/mol. The molecule has 0 amide bonds. The van der Waals surface area contributed by atoms with E-state index in [2.05, 4.69) is 9.71 Å². The summed E-state index contributed by atoms with van der Waals surface area (Å²) in [6.07, 6.45) is 1.30. The van der Waals surface area contributed by atoms with Gasteiger partial charge in [-0.05, 0) is 23.8 Å². The highest BCUT2D eigenvalue weighted by Crippen LogP contribution is 2.37. The van der Waals surface area contributed by atoms with Gasteiger partial charge >= 0.3 is 0 Å². The topological polar surface area (TPSA) is 120 Å². The summed E-state index contributed by atoms with van der Waals surface area (Å²) < 4.78 is 38.2. The average molecular weight is 439 g/mol. The number of rotatable bonds is 7. The molecule has 10 heteroatoms. The first-order chi connectivity index (χ1) is 14.9. The fourth-order valence-corrected chi connectivity index (χ4v) is 4.23. The Morgan fingerprint density at radius 3 is 2.45 bits per heavy atom. The minimum atomic E-state index is -3.69. The molecule has 0 fully saturated rings. The van der Waals surface area contributed by atoms with Gasteiger partial charge < -0.3 is 9.47 Å². The summed E-state index contributed by atoms with van der Waals surface area (Å²) in [4.78, 5) is 15.2. The van der Waals surface area contributed by atoms with Crippen LogP contribution in [0.15, 0.2) is 71.7 Å². The van der Waals surface area contributed by atoms with Crippen molar-refractivity contribution in [3.63, 3.8) is 0 Å². The molecule has 0 spiro atoms. The molecule has 4 rings (SSSR count). The monoisotopic (exact) mass is 439 g/mol. The van der Waals surface area contributed by atoms with Gasteiger partial charge in [-0.25, -0.2) is 8.42 Å². The van der Waals surface area contributed by atoms with Gasteiger partial charge in [-0.15, -0.1) is 0 Å². The second kappa shape index (κ2) is 8.44. The molecular formula is C21H17N3O6S. The predicted molar refractivity (Wildman–Crippen MR) is 116 cm³/mol. The summed E-state index contributed by atoms with van der Waals surface area (Å²) in [7, 11) is -3.69. The lowest BCUT2D eigenvalue weighted by molar-refractivity contribution is -0.385. The third-order valence-corrected chi connectivity index (χ3v) is 5.67. The molecule has 1 aliphatic rings. The van der Waals surface area contributed by atoms with Crippen LogP contribution in [0.4, 0.5) is 17.1 Å². The highest BCUT2D eigenvalue weighted by atomic mass is 32.2. The molecule has 0 bridgehead atoms. The molecule has 158 valence electrons. The number of nitro benzene ring substituents is 1. The summed E-state index contributed by atoms with van der Waals surface area (Å²) in [5.41, 5.74) is 1.22. The predicted octanol–water partition coefficient (Wildman–Crippen LogP) is 4.02. The summed E-state index contributed by atoms with van der Waals surface area (Å²) in [5, 5.41) is 11.4. The molecule has 3 aromatic rings. The van der Waals surface area contributed by atoms with Crippen molar-refractivity contribution in [1.82, 2.24) is 0 Å². The molecule has 0 saturated carbocycles. The number of nitrogens with zero attached hydrogens (tertiary/aromatic N) is 2. The van der Waals surface area contributed by atoms with E-state index in [0.717, 1.165) is 0 Å². The lowest BCUT2D eigenvalue weighted by Gasteiger charge is -2.10. The Hall–Kier alpha value is -3.92. The molecule has 0 aliphatic carbocycles. The Morgan fingerprint density at radius 2 is 1.71 bits per heavy atom. The minimum absolute atomic E-state index is 0.0148. The maximum absolute atomic E-state index is 12.6. The number of anilines is 1. The Balaban J connectivity index is 1.61. The van der Waals surface area contributed by atoms with Crippen LogP contribution in [0, 0.1) is 10.1 Å². The van der Waals surface area contributed by atoms with Gasteiger partial charge in [0.1, 0.15) is 0 Å². The first-order valence-corrected chi connectivity index (χ1v) is 10.8. The fraction of sp³-hybridized carbons (Fsp3) is 0.0952. The van der Waals surface area contributed by atoms with E-state index in [4.69, 9.17) is 9.47 Å². The number of ether oxygens (including phenoxy) is 2. The van der Waals surface area contributed by atoms with Gasteiger partial charge in [0, 0.05) is 6.21 Å². The van der Waals surface area contributed by atoms with Crippen LogP contribution in [-0.4, -0.2) is 26.3 Å². The van der Waals surface area contributed by atoms with Gasteiger partial charge in [0.15, 0.2) is 11.5 Å². The van der Waals surface area contributed by atoms with Crippen LogP contribution >= 0.6 is 0 Å². The van der Waals surface area contributed by atoms with Gasteiger partial charge in [-0.3, -0.25) is 19.8 Å². The number of nitrogens with one attached hydrogen (secondary N) is 1. The SMILES string of the molecule is O=[N+]([O-])c1cc2c(cc1C=Nc1ccccc1NS(=O)(=O)Cc1ccccc1)OCO2. The van der Waals surface area contributed by atoms with Crippen molar-refractivity contribution >= 4 is 33.3 Å². The van der Waals surface area contributed by atoms with Crippen molar-refractivity contribution in [2.24, 2.45) is 4.99 Å². The van der Waals surface area contributed by atoms with Crippen molar-refractivity contribution in [1.29, 1.82) is 0 Å². The molecule has 1 aliphatic heterocycles. The summed E-state index contributed by atoms with van der Waals surface area (Å²) in [5.74, 6) is 0.473. The van der Waals surface area contributed by atoms with E-state index in [1.165, 1.54) is 18.3 Å². The molecule has 0 aromatic heterocycles. The summed E-state index contributed by atoms with van der Waals surface area (Å²) in [6.45, 7) is -0.0148. The van der Waals surface area contributed by atoms with Crippen LogP contribution in [0.5, 0.6) is 11.5 Å². The normalized spacial score (nSPS) is 12.8. The van der Waals surface area contributed by atoms with Crippen LogP contribution in [0.3, 0.4) is 0 Å². The fourth-order valence-electron chi connectivity index (χ4n) is 3.02. The van der Waals surface area contributed by atoms with E-state index >= 15 is 0 Å².